The van der Waals surface area contributed by atoms with Gasteiger partial charge in [0, 0.05) is 18.1 Å². The number of benzene rings is 1. The Kier molecular flexibility index (Phi) is 6.99. The monoisotopic (exact) mass is 430 g/mol. The van der Waals surface area contributed by atoms with Crippen LogP contribution in [0.5, 0.6) is 17.2 Å². The molecule has 2 aliphatic heterocycles. The number of aliphatic hydroxyl groups is 1. The van der Waals surface area contributed by atoms with E-state index in [0.29, 0.717) is 36.2 Å². The first-order valence-electron chi connectivity index (χ1n) is 11.1. The molecule has 0 saturated carbocycles. The van der Waals surface area contributed by atoms with Gasteiger partial charge in [0.15, 0.2) is 0 Å². The van der Waals surface area contributed by atoms with E-state index in [1.54, 1.807) is 32.9 Å². The highest BCUT2D eigenvalue weighted by Gasteiger charge is 2.39. The zero-order valence-electron chi connectivity index (χ0n) is 19.4. The van der Waals surface area contributed by atoms with Gasteiger partial charge in [-0.2, -0.15) is 0 Å². The van der Waals surface area contributed by atoms with Gasteiger partial charge >= 0.3 is 5.97 Å². The third kappa shape index (κ3) is 5.06. The summed E-state index contributed by atoms with van der Waals surface area (Å²) >= 11 is 0. The third-order valence-corrected chi connectivity index (χ3v) is 5.29. The first-order chi connectivity index (χ1) is 14.7. The Bertz CT molecular complexity index is 888. The van der Waals surface area contributed by atoms with Gasteiger partial charge in [-0.25, -0.2) is 4.79 Å². The molecule has 1 N–H and O–H groups in total. The fourth-order valence-corrected chi connectivity index (χ4v) is 3.63. The van der Waals surface area contributed by atoms with Crippen molar-refractivity contribution in [2.45, 2.75) is 72.5 Å². The predicted molar refractivity (Wildman–Crippen MR) is 119 cm³/mol. The maximum absolute atomic E-state index is 12.4. The normalized spacial score (nSPS) is 18.8. The molecule has 6 nitrogen and oxygen atoms in total. The van der Waals surface area contributed by atoms with E-state index in [0.717, 1.165) is 29.5 Å². The van der Waals surface area contributed by atoms with E-state index in [2.05, 4.69) is 26.8 Å². The van der Waals surface area contributed by atoms with Crippen molar-refractivity contribution in [1.29, 1.82) is 0 Å². The van der Waals surface area contributed by atoms with Crippen LogP contribution < -0.4 is 14.2 Å². The number of hydrogen-bond donors (Lipinski definition) is 1. The van der Waals surface area contributed by atoms with Crippen LogP contribution in [-0.4, -0.2) is 36.0 Å². The van der Waals surface area contributed by atoms with Crippen molar-refractivity contribution in [3.05, 3.63) is 35.1 Å². The topological polar surface area (TPSA) is 74.2 Å². The molecule has 0 bridgehead atoms. The summed E-state index contributed by atoms with van der Waals surface area (Å²) < 4.78 is 23.4. The van der Waals surface area contributed by atoms with Gasteiger partial charge in [0.1, 0.15) is 23.4 Å². The molecule has 170 valence electrons. The minimum Gasteiger partial charge on any atom is -0.492 e. The smallest absolute Gasteiger partial charge is 0.374 e. The molecule has 6 heteroatoms. The van der Waals surface area contributed by atoms with Crippen molar-refractivity contribution in [3.8, 4) is 17.2 Å². The van der Waals surface area contributed by atoms with Gasteiger partial charge in [0.05, 0.1) is 24.4 Å². The summed E-state index contributed by atoms with van der Waals surface area (Å²) in [5.74, 6) is 1.91. The Morgan fingerprint density at radius 2 is 2.06 bits per heavy atom. The van der Waals surface area contributed by atoms with Gasteiger partial charge in [-0.15, -0.1) is 0 Å². The highest BCUT2D eigenvalue weighted by molar-refractivity contribution is 5.95. The van der Waals surface area contributed by atoms with Crippen molar-refractivity contribution in [1.82, 2.24) is 0 Å². The van der Waals surface area contributed by atoms with Crippen LogP contribution in [0, 0.1) is 5.92 Å². The number of rotatable bonds is 8. The standard InChI is InChI=1S/C25H34O6/c1-7-11-29-23-17-13-21(25(5,6)27)31-18(17)14-19-22(23)16(10-9-15(3)4)12-20(30-19)24(26)28-8-2/h10,12,14-15,21,27H,7-9,11,13H2,1-6H3/t21-/m0/s1. The molecule has 0 fully saturated rings. The lowest BCUT2D eigenvalue weighted by molar-refractivity contribution is -0.141. The Hall–Kier alpha value is -2.47. The first kappa shape index (κ1) is 23.2. The Morgan fingerprint density at radius 1 is 1.32 bits per heavy atom. The van der Waals surface area contributed by atoms with Crippen LogP contribution in [0.2, 0.25) is 0 Å². The zero-order chi connectivity index (χ0) is 22.8. The van der Waals surface area contributed by atoms with Crippen molar-refractivity contribution in [2.75, 3.05) is 13.2 Å². The van der Waals surface area contributed by atoms with Gasteiger partial charge < -0.3 is 24.1 Å². The second kappa shape index (κ2) is 9.35. The number of esters is 1. The van der Waals surface area contributed by atoms with Crippen molar-refractivity contribution in [2.24, 2.45) is 5.92 Å². The number of carbonyl (C=O) groups excluding carboxylic acids is 1. The number of ether oxygens (including phenoxy) is 4. The molecule has 1 aromatic rings. The molecule has 0 unspecified atom stereocenters. The maximum atomic E-state index is 12.4. The van der Waals surface area contributed by atoms with Crippen molar-refractivity contribution >= 4 is 11.5 Å². The summed E-state index contributed by atoms with van der Waals surface area (Å²) in [4.78, 5) is 12.4. The summed E-state index contributed by atoms with van der Waals surface area (Å²) in [7, 11) is 0. The van der Waals surface area contributed by atoms with Crippen LogP contribution in [0.3, 0.4) is 0 Å². The summed E-state index contributed by atoms with van der Waals surface area (Å²) in [6, 6.07) is 1.80. The van der Waals surface area contributed by atoms with E-state index in [-0.39, 0.29) is 12.4 Å². The van der Waals surface area contributed by atoms with Crippen LogP contribution in [0.25, 0.3) is 5.57 Å². The third-order valence-electron chi connectivity index (χ3n) is 5.29. The molecule has 0 aromatic heterocycles. The molecule has 3 rings (SSSR count). The molecule has 0 spiro atoms. The molecule has 1 aromatic carbocycles. The lowest BCUT2D eigenvalue weighted by Crippen LogP contribution is -2.39. The zero-order valence-corrected chi connectivity index (χ0v) is 19.4. The van der Waals surface area contributed by atoms with Crippen molar-refractivity contribution < 1.29 is 28.8 Å². The SMILES string of the molecule is CCCOc1c2c(cc3c1C(=CCC(C)C)C=C(C(=O)OCC)O3)O[C@H](C(C)(C)O)C2. The quantitative estimate of drug-likeness (QED) is 0.596. The second-order valence-corrected chi connectivity index (χ2v) is 8.99. The molecule has 0 radical (unpaired) electrons. The molecular weight excluding hydrogens is 396 g/mol. The Balaban J connectivity index is 2.14. The average molecular weight is 431 g/mol. The first-order valence-corrected chi connectivity index (χ1v) is 11.1. The minimum atomic E-state index is -1.01. The molecule has 0 saturated heterocycles. The van der Waals surface area contributed by atoms with Crippen LogP contribution in [-0.2, 0) is 16.0 Å². The molecule has 2 aliphatic rings. The molecule has 2 heterocycles. The van der Waals surface area contributed by atoms with E-state index >= 15 is 0 Å². The van der Waals surface area contributed by atoms with Gasteiger partial charge in [-0.3, -0.25) is 0 Å². The summed E-state index contributed by atoms with van der Waals surface area (Å²) in [6.07, 6.45) is 5.68. The molecular formula is C25H34O6. The molecule has 0 amide bonds. The largest absolute Gasteiger partial charge is 0.492 e. The van der Waals surface area contributed by atoms with E-state index < -0.39 is 17.7 Å². The molecule has 1 atom stereocenters. The number of fused-ring (bicyclic) bond motifs is 2. The van der Waals surface area contributed by atoms with Crippen LogP contribution in [0.4, 0.5) is 0 Å². The highest BCUT2D eigenvalue weighted by atomic mass is 16.6. The summed E-state index contributed by atoms with van der Waals surface area (Å²) in [6.45, 7) is 12.4. The highest BCUT2D eigenvalue weighted by Crippen LogP contribution is 2.50. The van der Waals surface area contributed by atoms with E-state index in [4.69, 9.17) is 18.9 Å². The van der Waals surface area contributed by atoms with Gasteiger partial charge in [-0.05, 0) is 51.2 Å². The Labute approximate surface area is 184 Å². The number of allylic oxidation sites excluding steroid dienone is 3. The van der Waals surface area contributed by atoms with Gasteiger partial charge in [-0.1, -0.05) is 26.8 Å². The fourth-order valence-electron chi connectivity index (χ4n) is 3.63. The van der Waals surface area contributed by atoms with E-state index in [1.807, 2.05) is 0 Å². The fraction of sp³-hybridized carbons (Fsp3) is 0.560. The van der Waals surface area contributed by atoms with Crippen molar-refractivity contribution in [3.63, 3.8) is 0 Å². The number of hydrogen-bond acceptors (Lipinski definition) is 6. The minimum absolute atomic E-state index is 0.141. The average Bonchev–Trinajstić information content (AvgIpc) is 3.13. The molecule has 0 aliphatic carbocycles. The van der Waals surface area contributed by atoms with Gasteiger partial charge in [0.2, 0.25) is 5.76 Å². The van der Waals surface area contributed by atoms with Crippen LogP contribution >= 0.6 is 0 Å². The number of carbonyl (C=O) groups is 1. The maximum Gasteiger partial charge on any atom is 0.374 e. The summed E-state index contributed by atoms with van der Waals surface area (Å²) in [5, 5.41) is 10.5. The van der Waals surface area contributed by atoms with E-state index in [9.17, 15) is 9.90 Å². The lowest BCUT2D eigenvalue weighted by atomic mass is 9.92. The lowest BCUT2D eigenvalue weighted by Gasteiger charge is -2.24. The van der Waals surface area contributed by atoms with Crippen LogP contribution in [0.1, 0.15) is 65.5 Å². The van der Waals surface area contributed by atoms with Crippen LogP contribution in [0.15, 0.2) is 24.0 Å². The second-order valence-electron chi connectivity index (χ2n) is 8.99. The predicted octanol–water partition coefficient (Wildman–Crippen LogP) is 4.82. The Morgan fingerprint density at radius 3 is 2.68 bits per heavy atom. The molecule has 31 heavy (non-hydrogen) atoms. The van der Waals surface area contributed by atoms with Gasteiger partial charge in [0.25, 0.3) is 0 Å². The summed E-state index contributed by atoms with van der Waals surface area (Å²) in [5.41, 5.74) is 1.61. The van der Waals surface area contributed by atoms with E-state index in [1.165, 1.54) is 0 Å².